The molecule has 0 amide bonds. The number of thioether (sulfide) groups is 1. The van der Waals surface area contributed by atoms with Crippen LogP contribution in [0.1, 0.15) is 38.1 Å². The highest BCUT2D eigenvalue weighted by atomic mass is 32.2. The summed E-state index contributed by atoms with van der Waals surface area (Å²) >= 11 is 1.62. The number of aromatic nitrogens is 5. The normalized spacial score (nSPS) is 11.3. The summed E-state index contributed by atoms with van der Waals surface area (Å²) < 4.78 is 7.42. The second-order valence-corrected chi connectivity index (χ2v) is 6.67. The zero-order valence-electron chi connectivity index (χ0n) is 13.4. The quantitative estimate of drug-likeness (QED) is 0.508. The van der Waals surface area contributed by atoms with Gasteiger partial charge in [-0.05, 0) is 11.7 Å². The molecule has 0 atom stereocenters. The Morgan fingerprint density at radius 2 is 2.00 bits per heavy atom. The number of imidazole rings is 1. The maximum Gasteiger partial charge on any atom is 0.187 e. The van der Waals surface area contributed by atoms with Gasteiger partial charge in [0.1, 0.15) is 5.82 Å². The van der Waals surface area contributed by atoms with Gasteiger partial charge in [0.15, 0.2) is 10.9 Å². The van der Waals surface area contributed by atoms with Crippen LogP contribution in [0.2, 0.25) is 0 Å². The molecule has 0 saturated heterocycles. The molecule has 3 aromatic heterocycles. The Morgan fingerprint density at radius 1 is 1.22 bits per heavy atom. The Labute approximate surface area is 139 Å². The highest BCUT2D eigenvalue weighted by Crippen LogP contribution is 2.20. The zero-order valence-corrected chi connectivity index (χ0v) is 14.2. The van der Waals surface area contributed by atoms with Gasteiger partial charge in [0.2, 0.25) is 0 Å². The van der Waals surface area contributed by atoms with E-state index in [-0.39, 0.29) is 0 Å². The average molecular weight is 329 g/mol. The van der Waals surface area contributed by atoms with E-state index < -0.39 is 0 Å². The molecule has 0 aliphatic carbocycles. The lowest BCUT2D eigenvalue weighted by Crippen LogP contribution is -2.01. The van der Waals surface area contributed by atoms with Crippen molar-refractivity contribution >= 4 is 11.8 Å². The fourth-order valence-corrected chi connectivity index (χ4v) is 2.69. The van der Waals surface area contributed by atoms with E-state index in [4.69, 9.17) is 4.52 Å². The van der Waals surface area contributed by atoms with E-state index in [1.807, 2.05) is 29.2 Å². The van der Waals surface area contributed by atoms with Gasteiger partial charge in [-0.1, -0.05) is 37.7 Å². The smallest absolute Gasteiger partial charge is 0.187 e. The maximum atomic E-state index is 5.41. The molecule has 0 saturated carbocycles. The van der Waals surface area contributed by atoms with E-state index in [9.17, 15) is 0 Å². The zero-order chi connectivity index (χ0) is 16.2. The van der Waals surface area contributed by atoms with E-state index in [1.54, 1.807) is 18.0 Å². The summed E-state index contributed by atoms with van der Waals surface area (Å²) in [7, 11) is 0. The van der Waals surface area contributed by atoms with Crippen LogP contribution in [-0.4, -0.2) is 30.4 Å². The van der Waals surface area contributed by atoms with Crippen LogP contribution in [0.5, 0.6) is 0 Å². The Bertz CT molecular complexity index is 763. The van der Waals surface area contributed by atoms with Crippen LogP contribution < -0.4 is 0 Å². The fourth-order valence-electron chi connectivity index (χ4n) is 2.18. The average Bonchev–Trinajstić information content (AvgIpc) is 3.18. The van der Waals surface area contributed by atoms with Gasteiger partial charge in [-0.25, -0.2) is 15.0 Å². The third kappa shape index (κ3) is 3.61. The van der Waals surface area contributed by atoms with E-state index in [0.29, 0.717) is 12.5 Å². The molecule has 3 heterocycles. The molecule has 0 fully saturated rings. The standard InChI is InChI=1S/C16H19N5OS/c1-4-23-16-18-8-12(9-19-16)15-17-5-6-21(15)10-13-7-14(11(2)3)20-22-13/h5-9,11H,4,10H2,1-3H3. The highest BCUT2D eigenvalue weighted by Gasteiger charge is 2.12. The molecular formula is C16H19N5OS. The molecule has 0 aromatic carbocycles. The molecule has 3 rings (SSSR count). The minimum Gasteiger partial charge on any atom is -0.359 e. The van der Waals surface area contributed by atoms with Crippen LogP contribution >= 0.6 is 11.8 Å². The third-order valence-corrected chi connectivity index (χ3v) is 4.13. The summed E-state index contributed by atoms with van der Waals surface area (Å²) in [5.74, 6) is 2.94. The summed E-state index contributed by atoms with van der Waals surface area (Å²) in [4.78, 5) is 13.1. The largest absolute Gasteiger partial charge is 0.359 e. The SMILES string of the molecule is CCSc1ncc(-c2nccn2Cc2cc(C(C)C)no2)cn1. The van der Waals surface area contributed by atoms with Crippen molar-refractivity contribution < 1.29 is 4.52 Å². The lowest BCUT2D eigenvalue weighted by Gasteiger charge is -2.05. The molecule has 23 heavy (non-hydrogen) atoms. The van der Waals surface area contributed by atoms with Crippen LogP contribution in [0.25, 0.3) is 11.4 Å². The molecular weight excluding hydrogens is 310 g/mol. The predicted molar refractivity (Wildman–Crippen MR) is 89.3 cm³/mol. The number of nitrogens with zero attached hydrogens (tertiary/aromatic N) is 5. The predicted octanol–water partition coefficient (Wildman–Crippen LogP) is 3.61. The van der Waals surface area contributed by atoms with Crippen LogP contribution in [-0.2, 0) is 6.54 Å². The molecule has 0 bridgehead atoms. The first-order chi connectivity index (χ1) is 11.2. The van der Waals surface area contributed by atoms with Gasteiger partial charge >= 0.3 is 0 Å². The van der Waals surface area contributed by atoms with Gasteiger partial charge in [0.25, 0.3) is 0 Å². The molecule has 3 aromatic rings. The Balaban J connectivity index is 1.81. The van der Waals surface area contributed by atoms with Gasteiger partial charge in [-0.15, -0.1) is 0 Å². The molecule has 120 valence electrons. The lowest BCUT2D eigenvalue weighted by atomic mass is 10.1. The first-order valence-electron chi connectivity index (χ1n) is 7.59. The number of rotatable bonds is 6. The molecule has 7 heteroatoms. The Kier molecular flexibility index (Phi) is 4.76. The van der Waals surface area contributed by atoms with E-state index in [1.165, 1.54) is 0 Å². The molecule has 0 unspecified atom stereocenters. The third-order valence-electron chi connectivity index (χ3n) is 3.37. The van der Waals surface area contributed by atoms with Crippen molar-refractivity contribution in [1.29, 1.82) is 0 Å². The van der Waals surface area contributed by atoms with Gasteiger partial charge in [-0.3, -0.25) is 0 Å². The van der Waals surface area contributed by atoms with Crippen LogP contribution in [0, 0.1) is 0 Å². The lowest BCUT2D eigenvalue weighted by molar-refractivity contribution is 0.369. The minimum absolute atomic E-state index is 0.353. The van der Waals surface area contributed by atoms with Gasteiger partial charge in [0.05, 0.1) is 17.8 Å². The maximum absolute atomic E-state index is 5.41. The van der Waals surface area contributed by atoms with Crippen molar-refractivity contribution in [3.05, 3.63) is 42.3 Å². The fraction of sp³-hybridized carbons (Fsp3) is 0.375. The summed E-state index contributed by atoms with van der Waals surface area (Å²) in [6, 6.07) is 1.99. The first-order valence-corrected chi connectivity index (χ1v) is 8.57. The van der Waals surface area contributed by atoms with Crippen molar-refractivity contribution in [2.45, 2.75) is 38.4 Å². The molecule has 0 spiro atoms. The molecule has 0 radical (unpaired) electrons. The molecule has 6 nitrogen and oxygen atoms in total. The number of hydrogen-bond donors (Lipinski definition) is 0. The Hall–Kier alpha value is -2.15. The summed E-state index contributed by atoms with van der Waals surface area (Å²) in [5, 5.41) is 4.88. The van der Waals surface area contributed by atoms with E-state index in [2.05, 4.69) is 40.9 Å². The van der Waals surface area contributed by atoms with Crippen LogP contribution in [0.4, 0.5) is 0 Å². The second-order valence-electron chi connectivity index (χ2n) is 5.44. The van der Waals surface area contributed by atoms with E-state index in [0.717, 1.165) is 33.8 Å². The van der Waals surface area contributed by atoms with Crippen molar-refractivity contribution in [3.8, 4) is 11.4 Å². The van der Waals surface area contributed by atoms with Gasteiger partial charge < -0.3 is 9.09 Å². The molecule has 0 aliphatic heterocycles. The van der Waals surface area contributed by atoms with Crippen molar-refractivity contribution in [1.82, 2.24) is 24.7 Å². The second kappa shape index (κ2) is 6.95. The molecule has 0 aliphatic rings. The van der Waals surface area contributed by atoms with Crippen molar-refractivity contribution in [2.24, 2.45) is 0 Å². The van der Waals surface area contributed by atoms with Crippen LogP contribution in [0.15, 0.2) is 40.5 Å². The monoisotopic (exact) mass is 329 g/mol. The van der Waals surface area contributed by atoms with Crippen LogP contribution in [0.3, 0.4) is 0 Å². The van der Waals surface area contributed by atoms with E-state index >= 15 is 0 Å². The highest BCUT2D eigenvalue weighted by molar-refractivity contribution is 7.99. The summed E-state index contributed by atoms with van der Waals surface area (Å²) in [6.07, 6.45) is 7.30. The van der Waals surface area contributed by atoms with Gasteiger partial charge in [0, 0.05) is 30.9 Å². The minimum atomic E-state index is 0.353. The Morgan fingerprint density at radius 3 is 2.65 bits per heavy atom. The van der Waals surface area contributed by atoms with Crippen molar-refractivity contribution in [2.75, 3.05) is 5.75 Å². The van der Waals surface area contributed by atoms with Crippen molar-refractivity contribution in [3.63, 3.8) is 0 Å². The number of hydrogen-bond acceptors (Lipinski definition) is 6. The van der Waals surface area contributed by atoms with Gasteiger partial charge in [-0.2, -0.15) is 0 Å². The topological polar surface area (TPSA) is 69.6 Å². The summed E-state index contributed by atoms with van der Waals surface area (Å²) in [5.41, 5.74) is 1.85. The molecule has 0 N–H and O–H groups in total. The first kappa shape index (κ1) is 15.7. The summed E-state index contributed by atoms with van der Waals surface area (Å²) in [6.45, 7) is 6.85.